The number of hydrogen-bond donors (Lipinski definition) is 2. The van der Waals surface area contributed by atoms with Gasteiger partial charge < -0.3 is 10.6 Å². The fourth-order valence-electron chi connectivity index (χ4n) is 2.21. The minimum Gasteiger partial charge on any atom is -0.381 e. The molecule has 0 radical (unpaired) electrons. The standard InChI is InChI=1S/C19H17FN2/c20-16-6-4-5-15(13-16)14-21-17-9-11-19(12-10-17)22-18-7-2-1-3-8-18/h1-13,21-22H,14H2. The van der Waals surface area contributed by atoms with Crippen molar-refractivity contribution in [2.24, 2.45) is 0 Å². The molecule has 2 N–H and O–H groups in total. The zero-order valence-electron chi connectivity index (χ0n) is 12.1. The van der Waals surface area contributed by atoms with Gasteiger partial charge in [0.2, 0.25) is 0 Å². The average molecular weight is 292 g/mol. The van der Waals surface area contributed by atoms with Crippen molar-refractivity contribution in [2.45, 2.75) is 6.54 Å². The Hall–Kier alpha value is -2.81. The van der Waals surface area contributed by atoms with Gasteiger partial charge in [-0.1, -0.05) is 30.3 Å². The molecule has 2 nitrogen and oxygen atoms in total. The summed E-state index contributed by atoms with van der Waals surface area (Å²) >= 11 is 0. The van der Waals surface area contributed by atoms with Crippen LogP contribution in [0.4, 0.5) is 21.5 Å². The van der Waals surface area contributed by atoms with Crippen LogP contribution in [-0.4, -0.2) is 0 Å². The van der Waals surface area contributed by atoms with Crippen LogP contribution in [0.15, 0.2) is 78.9 Å². The summed E-state index contributed by atoms with van der Waals surface area (Å²) in [6.07, 6.45) is 0. The molecule has 0 saturated carbocycles. The third kappa shape index (κ3) is 3.85. The summed E-state index contributed by atoms with van der Waals surface area (Å²) in [6, 6.07) is 24.7. The highest BCUT2D eigenvalue weighted by molar-refractivity contribution is 5.62. The topological polar surface area (TPSA) is 24.1 Å². The lowest BCUT2D eigenvalue weighted by molar-refractivity contribution is 0.626. The van der Waals surface area contributed by atoms with Gasteiger partial charge in [-0.3, -0.25) is 0 Å². The second-order valence-electron chi connectivity index (χ2n) is 5.05. The van der Waals surface area contributed by atoms with Crippen LogP contribution in [0.1, 0.15) is 5.56 Å². The zero-order valence-corrected chi connectivity index (χ0v) is 12.1. The number of para-hydroxylation sites is 1. The molecule has 110 valence electrons. The number of nitrogens with one attached hydrogen (secondary N) is 2. The first kappa shape index (κ1) is 14.1. The summed E-state index contributed by atoms with van der Waals surface area (Å²) in [7, 11) is 0. The Balaban J connectivity index is 1.60. The van der Waals surface area contributed by atoms with Gasteiger partial charge in [-0.15, -0.1) is 0 Å². The normalized spacial score (nSPS) is 10.2. The van der Waals surface area contributed by atoms with E-state index in [1.807, 2.05) is 60.7 Å². The van der Waals surface area contributed by atoms with Gasteiger partial charge in [0.05, 0.1) is 0 Å². The zero-order chi connectivity index (χ0) is 15.2. The van der Waals surface area contributed by atoms with Gasteiger partial charge in [0.1, 0.15) is 5.82 Å². The Morgan fingerprint density at radius 3 is 2.09 bits per heavy atom. The number of rotatable bonds is 5. The predicted octanol–water partition coefficient (Wildman–Crippen LogP) is 5.18. The van der Waals surface area contributed by atoms with Crippen LogP contribution >= 0.6 is 0 Å². The second-order valence-corrected chi connectivity index (χ2v) is 5.05. The fraction of sp³-hybridized carbons (Fsp3) is 0.0526. The van der Waals surface area contributed by atoms with E-state index in [1.54, 1.807) is 12.1 Å². The molecule has 0 unspecified atom stereocenters. The third-order valence-electron chi connectivity index (χ3n) is 3.33. The van der Waals surface area contributed by atoms with E-state index in [4.69, 9.17) is 0 Å². The summed E-state index contributed by atoms with van der Waals surface area (Å²) < 4.78 is 13.1. The highest BCUT2D eigenvalue weighted by atomic mass is 19.1. The van der Waals surface area contributed by atoms with E-state index in [2.05, 4.69) is 10.6 Å². The SMILES string of the molecule is Fc1cccc(CNc2ccc(Nc3ccccc3)cc2)c1. The molecule has 0 aromatic heterocycles. The Morgan fingerprint density at radius 1 is 0.682 bits per heavy atom. The molecule has 3 aromatic rings. The van der Waals surface area contributed by atoms with Crippen molar-refractivity contribution in [3.8, 4) is 0 Å². The Kier molecular flexibility index (Phi) is 4.35. The molecule has 0 fully saturated rings. The van der Waals surface area contributed by atoms with Crippen molar-refractivity contribution in [1.29, 1.82) is 0 Å². The lowest BCUT2D eigenvalue weighted by Gasteiger charge is -2.09. The van der Waals surface area contributed by atoms with E-state index in [9.17, 15) is 4.39 Å². The van der Waals surface area contributed by atoms with Crippen LogP contribution in [0, 0.1) is 5.82 Å². The molecule has 0 atom stereocenters. The van der Waals surface area contributed by atoms with Crippen molar-refractivity contribution >= 4 is 17.1 Å². The minimum absolute atomic E-state index is 0.207. The number of hydrogen-bond acceptors (Lipinski definition) is 2. The van der Waals surface area contributed by atoms with Gasteiger partial charge in [0.25, 0.3) is 0 Å². The third-order valence-corrected chi connectivity index (χ3v) is 3.33. The largest absolute Gasteiger partial charge is 0.381 e. The maximum absolute atomic E-state index is 13.1. The van der Waals surface area contributed by atoms with Crippen LogP contribution in [0.2, 0.25) is 0 Å². The molecule has 0 heterocycles. The van der Waals surface area contributed by atoms with E-state index in [-0.39, 0.29) is 5.82 Å². The molecule has 3 aromatic carbocycles. The molecule has 0 bridgehead atoms. The molecule has 0 spiro atoms. The maximum atomic E-state index is 13.1. The van der Waals surface area contributed by atoms with E-state index >= 15 is 0 Å². The Labute approximate surface area is 129 Å². The van der Waals surface area contributed by atoms with Crippen molar-refractivity contribution in [3.63, 3.8) is 0 Å². The number of benzene rings is 3. The van der Waals surface area contributed by atoms with Gasteiger partial charge in [-0.2, -0.15) is 0 Å². The highest BCUT2D eigenvalue weighted by Crippen LogP contribution is 2.19. The molecule has 3 heteroatoms. The van der Waals surface area contributed by atoms with Crippen LogP contribution in [0.5, 0.6) is 0 Å². The molecule has 0 aliphatic heterocycles. The molecule has 0 aliphatic carbocycles. The van der Waals surface area contributed by atoms with Gasteiger partial charge >= 0.3 is 0 Å². The average Bonchev–Trinajstić information content (AvgIpc) is 2.55. The smallest absolute Gasteiger partial charge is 0.123 e. The summed E-state index contributed by atoms with van der Waals surface area (Å²) in [4.78, 5) is 0. The van der Waals surface area contributed by atoms with Crippen LogP contribution in [-0.2, 0) is 6.54 Å². The first-order valence-electron chi connectivity index (χ1n) is 7.20. The highest BCUT2D eigenvalue weighted by Gasteiger charge is 1.97. The van der Waals surface area contributed by atoms with E-state index in [1.165, 1.54) is 6.07 Å². The Bertz CT molecular complexity index is 724. The molecular weight excluding hydrogens is 275 g/mol. The number of anilines is 3. The van der Waals surface area contributed by atoms with E-state index in [0.717, 1.165) is 22.6 Å². The molecule has 0 saturated heterocycles. The fourth-order valence-corrected chi connectivity index (χ4v) is 2.21. The Morgan fingerprint density at radius 2 is 1.36 bits per heavy atom. The van der Waals surface area contributed by atoms with Gasteiger partial charge in [-0.25, -0.2) is 4.39 Å². The van der Waals surface area contributed by atoms with Gasteiger partial charge in [-0.05, 0) is 54.1 Å². The second kappa shape index (κ2) is 6.76. The lowest BCUT2D eigenvalue weighted by Crippen LogP contribution is -1.99. The van der Waals surface area contributed by atoms with Crippen LogP contribution < -0.4 is 10.6 Å². The van der Waals surface area contributed by atoms with Crippen molar-refractivity contribution in [1.82, 2.24) is 0 Å². The molecule has 0 amide bonds. The van der Waals surface area contributed by atoms with Gasteiger partial charge in [0.15, 0.2) is 0 Å². The first-order chi connectivity index (χ1) is 10.8. The van der Waals surface area contributed by atoms with Crippen molar-refractivity contribution < 1.29 is 4.39 Å². The molecule has 22 heavy (non-hydrogen) atoms. The monoisotopic (exact) mass is 292 g/mol. The van der Waals surface area contributed by atoms with Crippen LogP contribution in [0.25, 0.3) is 0 Å². The molecule has 0 aliphatic rings. The molecular formula is C19H17FN2. The van der Waals surface area contributed by atoms with E-state index in [0.29, 0.717) is 6.54 Å². The van der Waals surface area contributed by atoms with Crippen molar-refractivity contribution in [3.05, 3.63) is 90.2 Å². The number of halogens is 1. The first-order valence-corrected chi connectivity index (χ1v) is 7.20. The van der Waals surface area contributed by atoms with Crippen molar-refractivity contribution in [2.75, 3.05) is 10.6 Å². The maximum Gasteiger partial charge on any atom is 0.123 e. The minimum atomic E-state index is -0.207. The van der Waals surface area contributed by atoms with Crippen LogP contribution in [0.3, 0.4) is 0 Å². The lowest BCUT2D eigenvalue weighted by atomic mass is 10.2. The quantitative estimate of drug-likeness (QED) is 0.677. The van der Waals surface area contributed by atoms with E-state index < -0.39 is 0 Å². The summed E-state index contributed by atoms with van der Waals surface area (Å²) in [5.41, 5.74) is 4.01. The summed E-state index contributed by atoms with van der Waals surface area (Å²) in [6.45, 7) is 0.600. The summed E-state index contributed by atoms with van der Waals surface area (Å²) in [5.74, 6) is -0.207. The predicted molar refractivity (Wildman–Crippen MR) is 89.9 cm³/mol. The van der Waals surface area contributed by atoms with Gasteiger partial charge in [0, 0.05) is 23.6 Å². The summed E-state index contributed by atoms with van der Waals surface area (Å²) in [5, 5.41) is 6.62. The molecule has 3 rings (SSSR count).